The predicted octanol–water partition coefficient (Wildman–Crippen LogP) is 3.58. The first-order chi connectivity index (χ1) is 10.8. The van der Waals surface area contributed by atoms with Crippen molar-refractivity contribution >= 4 is 11.0 Å². The Kier molecular flexibility index (Phi) is 3.00. The number of fused-ring (bicyclic) bond motifs is 1. The fourth-order valence-corrected chi connectivity index (χ4v) is 2.77. The highest BCUT2D eigenvalue weighted by atomic mass is 15.1. The molecule has 2 aromatic heterocycles. The average molecular weight is 288 g/mol. The van der Waals surface area contributed by atoms with Crippen molar-refractivity contribution < 1.29 is 0 Å². The molecule has 2 aromatic carbocycles. The Hall–Kier alpha value is -2.88. The van der Waals surface area contributed by atoms with Crippen LogP contribution in [0.1, 0.15) is 11.6 Å². The van der Waals surface area contributed by atoms with Gasteiger partial charge in [-0.2, -0.15) is 0 Å². The second kappa shape index (κ2) is 5.15. The summed E-state index contributed by atoms with van der Waals surface area (Å²) in [5.41, 5.74) is 3.27. The third-order valence-corrected chi connectivity index (χ3v) is 3.88. The van der Waals surface area contributed by atoms with E-state index in [0.29, 0.717) is 6.54 Å². The Morgan fingerprint density at radius 1 is 0.955 bits per heavy atom. The van der Waals surface area contributed by atoms with Gasteiger partial charge >= 0.3 is 0 Å². The summed E-state index contributed by atoms with van der Waals surface area (Å²) >= 11 is 0. The summed E-state index contributed by atoms with van der Waals surface area (Å²) in [4.78, 5) is 9.11. The van der Waals surface area contributed by atoms with E-state index in [1.165, 1.54) is 0 Å². The number of aromatic nitrogens is 4. The lowest BCUT2D eigenvalue weighted by Gasteiger charge is -2.10. The predicted molar refractivity (Wildman–Crippen MR) is 87.1 cm³/mol. The summed E-state index contributed by atoms with van der Waals surface area (Å²) in [6.45, 7) is 2.71. The van der Waals surface area contributed by atoms with Crippen LogP contribution in [0.5, 0.6) is 0 Å². The minimum atomic E-state index is 0.704. The van der Waals surface area contributed by atoms with Crippen LogP contribution in [0.25, 0.3) is 16.7 Å². The first-order valence-corrected chi connectivity index (χ1v) is 7.32. The summed E-state index contributed by atoms with van der Waals surface area (Å²) in [6, 6.07) is 18.6. The number of imidazole rings is 2. The summed E-state index contributed by atoms with van der Waals surface area (Å²) < 4.78 is 4.33. The van der Waals surface area contributed by atoms with Crippen LogP contribution in [-0.4, -0.2) is 19.1 Å². The summed E-state index contributed by atoms with van der Waals surface area (Å²) in [5.74, 6) is 2.00. The van der Waals surface area contributed by atoms with E-state index in [4.69, 9.17) is 4.98 Å². The van der Waals surface area contributed by atoms with Crippen LogP contribution in [0.3, 0.4) is 0 Å². The van der Waals surface area contributed by atoms with E-state index >= 15 is 0 Å². The highest BCUT2D eigenvalue weighted by molar-refractivity contribution is 5.78. The summed E-state index contributed by atoms with van der Waals surface area (Å²) in [5, 5.41) is 0. The zero-order valence-corrected chi connectivity index (χ0v) is 12.3. The number of para-hydroxylation sites is 3. The van der Waals surface area contributed by atoms with Gasteiger partial charge in [-0.05, 0) is 31.2 Å². The second-order valence-electron chi connectivity index (χ2n) is 5.29. The van der Waals surface area contributed by atoms with Gasteiger partial charge in [0.2, 0.25) is 0 Å². The molecule has 0 aliphatic heterocycles. The maximum Gasteiger partial charge on any atom is 0.134 e. The molecule has 0 saturated carbocycles. The molecule has 0 saturated heterocycles. The van der Waals surface area contributed by atoms with Crippen molar-refractivity contribution in [3.8, 4) is 5.69 Å². The van der Waals surface area contributed by atoms with Gasteiger partial charge in [-0.25, -0.2) is 9.97 Å². The Morgan fingerprint density at radius 3 is 2.50 bits per heavy atom. The number of hydrogen-bond donors (Lipinski definition) is 0. The number of hydrogen-bond acceptors (Lipinski definition) is 2. The minimum absolute atomic E-state index is 0.704. The van der Waals surface area contributed by atoms with E-state index < -0.39 is 0 Å². The molecule has 0 unspecified atom stereocenters. The third-order valence-electron chi connectivity index (χ3n) is 3.88. The summed E-state index contributed by atoms with van der Waals surface area (Å²) in [7, 11) is 0. The van der Waals surface area contributed by atoms with Crippen molar-refractivity contribution in [1.29, 1.82) is 0 Å². The molecular formula is C18H16N4. The lowest BCUT2D eigenvalue weighted by molar-refractivity contribution is 0.709. The van der Waals surface area contributed by atoms with Crippen LogP contribution in [0.15, 0.2) is 67.0 Å². The molecule has 0 spiro atoms. The molecule has 0 atom stereocenters. The Labute approximate surface area is 128 Å². The Morgan fingerprint density at radius 2 is 1.73 bits per heavy atom. The molecule has 0 aliphatic rings. The van der Waals surface area contributed by atoms with Gasteiger partial charge in [-0.1, -0.05) is 30.3 Å². The molecule has 0 radical (unpaired) electrons. The number of rotatable bonds is 3. The van der Waals surface area contributed by atoms with Crippen molar-refractivity contribution in [1.82, 2.24) is 19.1 Å². The van der Waals surface area contributed by atoms with Gasteiger partial charge in [0, 0.05) is 18.1 Å². The molecule has 0 N–H and O–H groups in total. The number of aryl methyl sites for hydroxylation is 1. The van der Waals surface area contributed by atoms with Crippen LogP contribution in [0.2, 0.25) is 0 Å². The minimum Gasteiger partial charge on any atom is -0.328 e. The molecule has 0 amide bonds. The van der Waals surface area contributed by atoms with Crippen LogP contribution in [0, 0.1) is 6.92 Å². The number of nitrogens with zero attached hydrogens (tertiary/aromatic N) is 4. The molecule has 22 heavy (non-hydrogen) atoms. The van der Waals surface area contributed by atoms with Crippen LogP contribution < -0.4 is 0 Å². The standard InChI is InChI=1S/C18H16N4/c1-14-19-11-12-21(14)13-18-20-16-9-5-6-10-17(16)22(18)15-7-3-2-4-8-15/h2-12H,13H2,1H3. The zero-order chi connectivity index (χ0) is 14.9. The fourth-order valence-electron chi connectivity index (χ4n) is 2.77. The van der Waals surface area contributed by atoms with E-state index in [1.807, 2.05) is 31.5 Å². The molecule has 2 heterocycles. The Balaban J connectivity index is 1.92. The first-order valence-electron chi connectivity index (χ1n) is 7.32. The second-order valence-corrected chi connectivity index (χ2v) is 5.29. The van der Waals surface area contributed by atoms with Gasteiger partial charge in [0.05, 0.1) is 17.6 Å². The van der Waals surface area contributed by atoms with E-state index in [2.05, 4.69) is 56.6 Å². The van der Waals surface area contributed by atoms with Crippen molar-refractivity contribution in [2.24, 2.45) is 0 Å². The molecule has 4 aromatic rings. The largest absolute Gasteiger partial charge is 0.328 e. The van der Waals surface area contributed by atoms with Gasteiger partial charge in [-0.15, -0.1) is 0 Å². The molecule has 4 rings (SSSR count). The topological polar surface area (TPSA) is 35.6 Å². The smallest absolute Gasteiger partial charge is 0.134 e. The van der Waals surface area contributed by atoms with Crippen molar-refractivity contribution in [3.63, 3.8) is 0 Å². The average Bonchev–Trinajstić information content (AvgIpc) is 3.12. The highest BCUT2D eigenvalue weighted by Crippen LogP contribution is 2.22. The quantitative estimate of drug-likeness (QED) is 0.577. The highest BCUT2D eigenvalue weighted by Gasteiger charge is 2.12. The van der Waals surface area contributed by atoms with Gasteiger partial charge < -0.3 is 4.57 Å². The Bertz CT molecular complexity index is 919. The van der Waals surface area contributed by atoms with E-state index in [1.54, 1.807) is 0 Å². The van der Waals surface area contributed by atoms with Crippen molar-refractivity contribution in [3.05, 3.63) is 78.6 Å². The van der Waals surface area contributed by atoms with Gasteiger partial charge in [-0.3, -0.25) is 4.57 Å². The normalized spacial score (nSPS) is 11.1. The van der Waals surface area contributed by atoms with Gasteiger partial charge in [0.1, 0.15) is 11.6 Å². The molecule has 0 fully saturated rings. The molecule has 0 bridgehead atoms. The van der Waals surface area contributed by atoms with Crippen molar-refractivity contribution in [2.45, 2.75) is 13.5 Å². The van der Waals surface area contributed by atoms with E-state index in [0.717, 1.165) is 28.4 Å². The fraction of sp³-hybridized carbons (Fsp3) is 0.111. The maximum absolute atomic E-state index is 4.82. The third kappa shape index (κ3) is 2.09. The first kappa shape index (κ1) is 12.8. The van der Waals surface area contributed by atoms with Crippen LogP contribution in [0.4, 0.5) is 0 Å². The molecule has 0 aliphatic carbocycles. The van der Waals surface area contributed by atoms with Crippen LogP contribution in [-0.2, 0) is 6.54 Å². The monoisotopic (exact) mass is 288 g/mol. The zero-order valence-electron chi connectivity index (χ0n) is 12.3. The van der Waals surface area contributed by atoms with Crippen LogP contribution >= 0.6 is 0 Å². The van der Waals surface area contributed by atoms with Crippen molar-refractivity contribution in [2.75, 3.05) is 0 Å². The lowest BCUT2D eigenvalue weighted by Crippen LogP contribution is -2.08. The lowest BCUT2D eigenvalue weighted by atomic mass is 10.3. The van der Waals surface area contributed by atoms with E-state index in [9.17, 15) is 0 Å². The van der Waals surface area contributed by atoms with Gasteiger partial charge in [0.25, 0.3) is 0 Å². The molecule has 4 heteroatoms. The summed E-state index contributed by atoms with van der Waals surface area (Å²) in [6.07, 6.45) is 3.81. The van der Waals surface area contributed by atoms with E-state index in [-0.39, 0.29) is 0 Å². The maximum atomic E-state index is 4.82. The van der Waals surface area contributed by atoms with Gasteiger partial charge in [0.15, 0.2) is 0 Å². The molecule has 4 nitrogen and oxygen atoms in total. The number of benzene rings is 2. The molecule has 108 valence electrons. The SMILES string of the molecule is Cc1nccn1Cc1nc2ccccc2n1-c1ccccc1. The molecular weight excluding hydrogens is 272 g/mol.